The Morgan fingerprint density at radius 3 is 2.36 bits per heavy atom. The minimum Gasteiger partial charge on any atom is -0.477 e. The van der Waals surface area contributed by atoms with Gasteiger partial charge >= 0.3 is 5.97 Å². The Hall–Kier alpha value is -2.89. The summed E-state index contributed by atoms with van der Waals surface area (Å²) in [7, 11) is 0. The Morgan fingerprint density at radius 1 is 1.05 bits per heavy atom. The van der Waals surface area contributed by atoms with Crippen LogP contribution in [-0.4, -0.2) is 34.0 Å². The van der Waals surface area contributed by atoms with Crippen molar-refractivity contribution in [3.05, 3.63) is 42.5 Å². The number of likely N-dealkylation sites (tertiary alicyclic amines) is 1. The van der Waals surface area contributed by atoms with Crippen molar-refractivity contribution < 1.29 is 24.2 Å². The largest absolute Gasteiger partial charge is 0.477 e. The summed E-state index contributed by atoms with van der Waals surface area (Å²) in [6, 6.07) is 12.5. The fraction of sp³-hybridized carbons (Fsp3) is 0.188. The first kappa shape index (κ1) is 14.1. The predicted molar refractivity (Wildman–Crippen MR) is 77.1 cm³/mol. The number of nitrogens with zero attached hydrogens (tertiary/aromatic N) is 1. The van der Waals surface area contributed by atoms with Crippen molar-refractivity contribution in [2.24, 2.45) is 0 Å². The molecule has 0 saturated carbocycles. The van der Waals surface area contributed by atoms with Crippen LogP contribution in [0.4, 0.5) is 0 Å². The van der Waals surface area contributed by atoms with Gasteiger partial charge in [-0.25, -0.2) is 9.69 Å². The van der Waals surface area contributed by atoms with Gasteiger partial charge in [-0.15, -0.1) is 0 Å². The molecular formula is C16H13NO5. The Balaban J connectivity index is 1.99. The first-order chi connectivity index (χ1) is 10.6. The number of amides is 2. The highest BCUT2D eigenvalue weighted by Gasteiger charge is 2.40. The number of carboxylic acids is 1. The van der Waals surface area contributed by atoms with E-state index in [2.05, 4.69) is 0 Å². The Morgan fingerprint density at radius 2 is 1.68 bits per heavy atom. The second kappa shape index (κ2) is 5.48. The number of hydrogen-bond donors (Lipinski definition) is 1. The molecule has 1 fully saturated rings. The number of benzene rings is 2. The lowest BCUT2D eigenvalue weighted by molar-refractivity contribution is -0.165. The van der Waals surface area contributed by atoms with Gasteiger partial charge in [-0.2, -0.15) is 0 Å². The van der Waals surface area contributed by atoms with Crippen molar-refractivity contribution in [2.45, 2.75) is 19.1 Å². The fourth-order valence-corrected chi connectivity index (χ4v) is 2.49. The quantitative estimate of drug-likeness (QED) is 0.870. The number of rotatable bonds is 4. The molecule has 1 aliphatic rings. The van der Waals surface area contributed by atoms with Crippen molar-refractivity contribution in [3.63, 3.8) is 0 Å². The normalized spacial score (nSPS) is 16.1. The minimum absolute atomic E-state index is 0.0154. The molecule has 6 heteroatoms. The zero-order valence-electron chi connectivity index (χ0n) is 11.6. The van der Waals surface area contributed by atoms with E-state index in [9.17, 15) is 19.5 Å². The molecule has 6 nitrogen and oxygen atoms in total. The number of carboxylic acid groups (broad SMARTS) is 1. The van der Waals surface area contributed by atoms with Crippen molar-refractivity contribution in [1.82, 2.24) is 4.90 Å². The highest BCUT2D eigenvalue weighted by atomic mass is 16.5. The molecule has 112 valence electrons. The second-order valence-electron chi connectivity index (χ2n) is 4.94. The van der Waals surface area contributed by atoms with E-state index in [1.54, 1.807) is 24.3 Å². The lowest BCUT2D eigenvalue weighted by atomic mass is 10.1. The highest BCUT2D eigenvalue weighted by Crippen LogP contribution is 2.27. The molecule has 0 bridgehead atoms. The lowest BCUT2D eigenvalue weighted by Crippen LogP contribution is -2.48. The minimum atomic E-state index is -1.65. The van der Waals surface area contributed by atoms with E-state index in [-0.39, 0.29) is 12.8 Å². The number of imide groups is 1. The van der Waals surface area contributed by atoms with Gasteiger partial charge in [-0.05, 0) is 11.5 Å². The van der Waals surface area contributed by atoms with Crippen LogP contribution in [0.25, 0.3) is 10.8 Å². The standard InChI is InChI=1S/C16H13NO5/c18-13-8-9-14(19)17(13)15(16(20)21)22-12-7-3-5-10-4-1-2-6-11(10)12/h1-7,15H,8-9H2,(H,20,21). The Labute approximate surface area is 125 Å². The molecule has 0 aromatic heterocycles. The van der Waals surface area contributed by atoms with Gasteiger partial charge in [0.05, 0.1) is 0 Å². The van der Waals surface area contributed by atoms with Gasteiger partial charge in [0, 0.05) is 18.2 Å². The van der Waals surface area contributed by atoms with Crippen molar-refractivity contribution in [2.75, 3.05) is 0 Å². The molecule has 1 heterocycles. The van der Waals surface area contributed by atoms with Gasteiger partial charge < -0.3 is 9.84 Å². The van der Waals surface area contributed by atoms with E-state index in [0.29, 0.717) is 10.6 Å². The molecule has 22 heavy (non-hydrogen) atoms. The number of carbonyl (C=O) groups excluding carboxylic acids is 2. The molecule has 1 saturated heterocycles. The zero-order chi connectivity index (χ0) is 15.7. The number of hydrogen-bond acceptors (Lipinski definition) is 4. The van der Waals surface area contributed by atoms with Crippen LogP contribution >= 0.6 is 0 Å². The summed E-state index contributed by atoms with van der Waals surface area (Å²) >= 11 is 0. The first-order valence-electron chi connectivity index (χ1n) is 6.80. The molecule has 1 unspecified atom stereocenters. The number of carbonyl (C=O) groups is 3. The smallest absolute Gasteiger partial charge is 0.367 e. The molecule has 1 N–H and O–H groups in total. The fourth-order valence-electron chi connectivity index (χ4n) is 2.49. The van der Waals surface area contributed by atoms with Gasteiger partial charge in [0.1, 0.15) is 5.75 Å². The van der Waals surface area contributed by atoms with Crippen LogP contribution in [-0.2, 0) is 14.4 Å². The van der Waals surface area contributed by atoms with Gasteiger partial charge in [0.25, 0.3) is 6.23 Å². The summed E-state index contributed by atoms with van der Waals surface area (Å²) in [6.45, 7) is 0. The molecule has 0 radical (unpaired) electrons. The van der Waals surface area contributed by atoms with Crippen molar-refractivity contribution in [1.29, 1.82) is 0 Å². The van der Waals surface area contributed by atoms with Crippen LogP contribution < -0.4 is 4.74 Å². The number of aliphatic carboxylic acids is 1. The molecular weight excluding hydrogens is 286 g/mol. The SMILES string of the molecule is O=C(O)C(Oc1cccc2ccccc12)N1C(=O)CCC1=O. The van der Waals surface area contributed by atoms with E-state index in [0.717, 1.165) is 10.8 Å². The van der Waals surface area contributed by atoms with Crippen molar-refractivity contribution in [3.8, 4) is 5.75 Å². The van der Waals surface area contributed by atoms with E-state index >= 15 is 0 Å². The highest BCUT2D eigenvalue weighted by molar-refractivity contribution is 6.04. The Kier molecular flexibility index (Phi) is 3.50. The number of fused-ring (bicyclic) bond motifs is 1. The summed E-state index contributed by atoms with van der Waals surface area (Å²) in [6.07, 6.45) is -1.61. The van der Waals surface area contributed by atoms with Crippen LogP contribution in [0.15, 0.2) is 42.5 Å². The summed E-state index contributed by atoms with van der Waals surface area (Å²) < 4.78 is 5.50. The average Bonchev–Trinajstić information content (AvgIpc) is 2.84. The van der Waals surface area contributed by atoms with Gasteiger partial charge in [0.2, 0.25) is 11.8 Å². The summed E-state index contributed by atoms with van der Waals surface area (Å²) in [5, 5.41) is 10.9. The topological polar surface area (TPSA) is 83.9 Å². The average molecular weight is 299 g/mol. The van der Waals surface area contributed by atoms with Crippen LogP contribution in [0.1, 0.15) is 12.8 Å². The second-order valence-corrected chi connectivity index (χ2v) is 4.94. The molecule has 0 spiro atoms. The van der Waals surface area contributed by atoms with E-state index in [4.69, 9.17) is 4.74 Å². The molecule has 2 amide bonds. The maximum absolute atomic E-state index is 11.7. The van der Waals surface area contributed by atoms with E-state index in [1.807, 2.05) is 18.2 Å². The van der Waals surface area contributed by atoms with Gasteiger partial charge in [-0.3, -0.25) is 9.59 Å². The molecule has 1 aliphatic heterocycles. The van der Waals surface area contributed by atoms with Gasteiger partial charge in [-0.1, -0.05) is 36.4 Å². The third-order valence-electron chi connectivity index (χ3n) is 3.52. The lowest BCUT2D eigenvalue weighted by Gasteiger charge is -2.23. The maximum Gasteiger partial charge on any atom is 0.367 e. The van der Waals surface area contributed by atoms with Crippen LogP contribution in [0.5, 0.6) is 5.75 Å². The summed E-state index contributed by atoms with van der Waals surface area (Å²) in [5.41, 5.74) is 0. The van der Waals surface area contributed by atoms with E-state index in [1.165, 1.54) is 0 Å². The molecule has 1 atom stereocenters. The van der Waals surface area contributed by atoms with Crippen molar-refractivity contribution >= 4 is 28.6 Å². The predicted octanol–water partition coefficient (Wildman–Crippen LogP) is 1.78. The number of ether oxygens (including phenoxy) is 1. The molecule has 3 rings (SSSR count). The molecule has 2 aromatic rings. The third kappa shape index (κ3) is 2.39. The zero-order valence-corrected chi connectivity index (χ0v) is 11.6. The van der Waals surface area contributed by atoms with Crippen LogP contribution in [0, 0.1) is 0 Å². The monoisotopic (exact) mass is 299 g/mol. The van der Waals surface area contributed by atoms with Crippen LogP contribution in [0.3, 0.4) is 0 Å². The first-order valence-corrected chi connectivity index (χ1v) is 6.80. The maximum atomic E-state index is 11.7. The summed E-state index contributed by atoms with van der Waals surface area (Å²) in [4.78, 5) is 35.6. The summed E-state index contributed by atoms with van der Waals surface area (Å²) in [5.74, 6) is -2.12. The Bertz CT molecular complexity index is 749. The van der Waals surface area contributed by atoms with Crippen LogP contribution in [0.2, 0.25) is 0 Å². The molecule has 0 aliphatic carbocycles. The van der Waals surface area contributed by atoms with Gasteiger partial charge in [0.15, 0.2) is 0 Å². The van der Waals surface area contributed by atoms with E-state index < -0.39 is 24.0 Å². The third-order valence-corrected chi connectivity index (χ3v) is 3.52. The molecule has 2 aromatic carbocycles.